The van der Waals surface area contributed by atoms with Crippen LogP contribution in [0.1, 0.15) is 55.3 Å². The number of aromatic nitrogens is 1. The number of aliphatic hydroxyl groups excluding tert-OH is 1. The zero-order valence-corrected chi connectivity index (χ0v) is 26.0. The highest BCUT2D eigenvalue weighted by atomic mass is 32.2. The Morgan fingerprint density at radius 2 is 1.61 bits per heavy atom. The molecule has 9 nitrogen and oxygen atoms in total. The number of nitrogens with zero attached hydrogens (tertiary/aromatic N) is 2. The maximum Gasteiger partial charge on any atom is 0.410 e. The first-order chi connectivity index (χ1) is 20.8. The Hall–Kier alpha value is -4.54. The number of carbonyl (C=O) groups is 2. The Bertz CT molecular complexity index is 1670. The zero-order valence-electron chi connectivity index (χ0n) is 25.2. The molecule has 1 aromatic heterocycles. The summed E-state index contributed by atoms with van der Waals surface area (Å²) in [5.74, 6) is -0.746. The number of pyridine rings is 1. The molecule has 4 aromatic rings. The van der Waals surface area contributed by atoms with Gasteiger partial charge in [0, 0.05) is 35.1 Å². The van der Waals surface area contributed by atoms with E-state index >= 15 is 0 Å². The van der Waals surface area contributed by atoms with Gasteiger partial charge in [0.1, 0.15) is 5.60 Å². The fraction of sp³-hybridized carbons (Fsp3) is 0.265. The average Bonchev–Trinajstić information content (AvgIpc) is 3.00. The number of hydrogen-bond donors (Lipinski definition) is 2. The summed E-state index contributed by atoms with van der Waals surface area (Å²) < 4.78 is 35.2. The van der Waals surface area contributed by atoms with Gasteiger partial charge in [-0.3, -0.25) is 9.78 Å². The smallest absolute Gasteiger partial charge is 0.410 e. The summed E-state index contributed by atoms with van der Waals surface area (Å²) in [6.07, 6.45) is 1.73. The Morgan fingerprint density at radius 3 is 2.23 bits per heavy atom. The number of nitrogens with one attached hydrogen (secondary N) is 1. The van der Waals surface area contributed by atoms with E-state index in [-0.39, 0.29) is 23.4 Å². The Balaban J connectivity index is 1.67. The third kappa shape index (κ3) is 8.52. The molecule has 10 heteroatoms. The number of ether oxygens (including phenoxy) is 1. The van der Waals surface area contributed by atoms with E-state index in [0.29, 0.717) is 22.3 Å². The minimum Gasteiger partial charge on any atom is -0.444 e. The quantitative estimate of drug-likeness (QED) is 0.232. The van der Waals surface area contributed by atoms with Crippen LogP contribution in [0.3, 0.4) is 0 Å². The second-order valence-electron chi connectivity index (χ2n) is 11.5. The summed E-state index contributed by atoms with van der Waals surface area (Å²) in [5, 5.41) is 10.9. The molecular weight excluding hydrogens is 578 g/mol. The van der Waals surface area contributed by atoms with Gasteiger partial charge in [0.15, 0.2) is 0 Å². The standard InChI is InChI=1S/C34H37N3O6S/c1-24(37(33(40)43-34(2,3)4)23-30(38)28-16-11-19-35-22-28)20-25-17-18-29(26-12-7-5-8-13-26)31(21-25)44(41,42)36-32(39)27-14-9-6-10-15-27/h5-19,21-22,24,30,38H,20,23H2,1-4H3,(H,36,39)/t24-,30+/m1/s1. The van der Waals surface area contributed by atoms with Crippen LogP contribution in [0.15, 0.2) is 108 Å². The van der Waals surface area contributed by atoms with Gasteiger partial charge in [-0.15, -0.1) is 0 Å². The summed E-state index contributed by atoms with van der Waals surface area (Å²) >= 11 is 0. The Labute approximate surface area is 258 Å². The second-order valence-corrected chi connectivity index (χ2v) is 13.1. The Morgan fingerprint density at radius 1 is 0.955 bits per heavy atom. The average molecular weight is 616 g/mol. The molecule has 44 heavy (non-hydrogen) atoms. The lowest BCUT2D eigenvalue weighted by Gasteiger charge is -2.33. The highest BCUT2D eigenvalue weighted by molar-refractivity contribution is 7.90. The van der Waals surface area contributed by atoms with E-state index in [0.717, 1.165) is 0 Å². The lowest BCUT2D eigenvalue weighted by molar-refractivity contribution is 0.00542. The van der Waals surface area contributed by atoms with Gasteiger partial charge in [0.25, 0.3) is 15.9 Å². The molecule has 230 valence electrons. The van der Waals surface area contributed by atoms with E-state index in [1.807, 2.05) is 6.07 Å². The van der Waals surface area contributed by atoms with Gasteiger partial charge in [-0.25, -0.2) is 17.9 Å². The number of amides is 2. The van der Waals surface area contributed by atoms with Gasteiger partial charge in [-0.1, -0.05) is 66.7 Å². The largest absolute Gasteiger partial charge is 0.444 e. The molecule has 2 N–H and O–H groups in total. The summed E-state index contributed by atoms with van der Waals surface area (Å²) in [4.78, 5) is 31.6. The van der Waals surface area contributed by atoms with Crippen LogP contribution in [0.25, 0.3) is 11.1 Å². The van der Waals surface area contributed by atoms with Crippen molar-refractivity contribution >= 4 is 22.0 Å². The lowest BCUT2D eigenvalue weighted by Crippen LogP contribution is -2.45. The third-order valence-electron chi connectivity index (χ3n) is 6.81. The number of rotatable bonds is 10. The molecule has 0 unspecified atom stereocenters. The topological polar surface area (TPSA) is 126 Å². The molecular formula is C34H37N3O6S. The van der Waals surface area contributed by atoms with E-state index in [2.05, 4.69) is 9.71 Å². The molecule has 0 aliphatic heterocycles. The first-order valence-electron chi connectivity index (χ1n) is 14.2. The summed E-state index contributed by atoms with van der Waals surface area (Å²) in [6, 6.07) is 25.0. The third-order valence-corrected chi connectivity index (χ3v) is 8.18. The van der Waals surface area contributed by atoms with Crippen molar-refractivity contribution in [3.63, 3.8) is 0 Å². The van der Waals surface area contributed by atoms with Crippen LogP contribution in [-0.2, 0) is 21.2 Å². The number of aliphatic hydroxyl groups is 1. The van der Waals surface area contributed by atoms with E-state index in [1.54, 1.807) is 101 Å². The van der Waals surface area contributed by atoms with Gasteiger partial charge < -0.3 is 14.7 Å². The fourth-order valence-electron chi connectivity index (χ4n) is 4.67. The molecule has 0 bridgehead atoms. The second kappa shape index (κ2) is 13.8. The summed E-state index contributed by atoms with van der Waals surface area (Å²) in [7, 11) is -4.31. The summed E-state index contributed by atoms with van der Waals surface area (Å²) in [5.41, 5.74) is 1.67. The fourth-order valence-corrected chi connectivity index (χ4v) is 5.92. The van der Waals surface area contributed by atoms with Crippen LogP contribution in [-0.4, -0.2) is 53.6 Å². The number of sulfonamides is 1. The van der Waals surface area contributed by atoms with E-state index in [9.17, 15) is 23.1 Å². The zero-order chi connectivity index (χ0) is 31.9. The number of carbonyl (C=O) groups excluding carboxylic acids is 2. The maximum absolute atomic E-state index is 13.7. The predicted octanol–water partition coefficient (Wildman–Crippen LogP) is 5.77. The van der Waals surface area contributed by atoms with E-state index in [4.69, 9.17) is 4.74 Å². The molecule has 2 atom stereocenters. The van der Waals surface area contributed by atoms with Crippen molar-refractivity contribution in [3.05, 3.63) is 120 Å². The molecule has 3 aromatic carbocycles. The minimum atomic E-state index is -4.31. The highest BCUT2D eigenvalue weighted by Crippen LogP contribution is 2.30. The van der Waals surface area contributed by atoms with E-state index in [1.165, 1.54) is 29.3 Å². The van der Waals surface area contributed by atoms with Gasteiger partial charge in [0.2, 0.25) is 0 Å². The first kappa shape index (κ1) is 32.4. The first-order valence-corrected chi connectivity index (χ1v) is 15.7. The van der Waals surface area contributed by atoms with Crippen LogP contribution >= 0.6 is 0 Å². The molecule has 0 aliphatic carbocycles. The Kier molecular flexibility index (Phi) is 10.2. The molecule has 0 radical (unpaired) electrons. The van der Waals surface area contributed by atoms with Crippen LogP contribution in [0, 0.1) is 0 Å². The maximum atomic E-state index is 13.7. The monoisotopic (exact) mass is 615 g/mol. The van der Waals surface area contributed by atoms with Crippen molar-refractivity contribution in [2.24, 2.45) is 0 Å². The predicted molar refractivity (Wildman–Crippen MR) is 168 cm³/mol. The van der Waals surface area contributed by atoms with Crippen molar-refractivity contribution in [2.45, 2.75) is 56.8 Å². The lowest BCUT2D eigenvalue weighted by atomic mass is 10.00. The van der Waals surface area contributed by atoms with Crippen LogP contribution in [0.2, 0.25) is 0 Å². The minimum absolute atomic E-state index is 0.0673. The molecule has 0 saturated carbocycles. The van der Waals surface area contributed by atoms with Crippen molar-refractivity contribution in [3.8, 4) is 11.1 Å². The highest BCUT2D eigenvalue weighted by Gasteiger charge is 2.30. The van der Waals surface area contributed by atoms with Crippen molar-refractivity contribution in [1.82, 2.24) is 14.6 Å². The van der Waals surface area contributed by atoms with E-state index < -0.39 is 39.8 Å². The molecule has 4 rings (SSSR count). The van der Waals surface area contributed by atoms with Crippen molar-refractivity contribution < 1.29 is 27.9 Å². The molecule has 0 saturated heterocycles. The SMILES string of the molecule is C[C@H](Cc1ccc(-c2ccccc2)c(S(=O)(=O)NC(=O)c2ccccc2)c1)N(C[C@H](O)c1cccnc1)C(=O)OC(C)(C)C. The van der Waals surface area contributed by atoms with Crippen LogP contribution < -0.4 is 4.72 Å². The molecule has 1 heterocycles. The van der Waals surface area contributed by atoms with Gasteiger partial charge in [0.05, 0.1) is 17.5 Å². The number of benzene rings is 3. The van der Waals surface area contributed by atoms with Crippen LogP contribution in [0.5, 0.6) is 0 Å². The van der Waals surface area contributed by atoms with Crippen molar-refractivity contribution in [2.75, 3.05) is 6.54 Å². The van der Waals surface area contributed by atoms with Gasteiger partial charge in [-0.05, 0) is 69.5 Å². The molecule has 0 fully saturated rings. The van der Waals surface area contributed by atoms with Crippen LogP contribution in [0.4, 0.5) is 4.79 Å². The normalized spacial score (nSPS) is 13.0. The van der Waals surface area contributed by atoms with Gasteiger partial charge >= 0.3 is 6.09 Å². The van der Waals surface area contributed by atoms with Gasteiger partial charge in [-0.2, -0.15) is 0 Å². The summed E-state index contributed by atoms with van der Waals surface area (Å²) in [6.45, 7) is 7.01. The molecule has 0 aliphatic rings. The number of hydrogen-bond acceptors (Lipinski definition) is 7. The molecule has 2 amide bonds. The van der Waals surface area contributed by atoms with Crippen molar-refractivity contribution in [1.29, 1.82) is 0 Å². The molecule has 0 spiro atoms.